The van der Waals surface area contributed by atoms with Gasteiger partial charge in [0.25, 0.3) is 0 Å². The zero-order valence-electron chi connectivity index (χ0n) is 8.93. The number of carbonyl (C=O) groups is 1. The number of benzene rings is 1. The summed E-state index contributed by atoms with van der Waals surface area (Å²) in [5.41, 5.74) is 3.33. The van der Waals surface area contributed by atoms with E-state index in [1.54, 1.807) is 30.5 Å². The lowest BCUT2D eigenvalue weighted by Crippen LogP contribution is -1.98. The predicted octanol–water partition coefficient (Wildman–Crippen LogP) is 3.19. The van der Waals surface area contributed by atoms with E-state index in [0.717, 1.165) is 11.8 Å². The lowest BCUT2D eigenvalue weighted by atomic mass is 10.1. The molecule has 0 bridgehead atoms. The first-order valence-corrected chi connectivity index (χ1v) is 5.86. The fourth-order valence-electron chi connectivity index (χ4n) is 1.19. The minimum atomic E-state index is -0.211. The molecule has 0 aliphatic heterocycles. The van der Waals surface area contributed by atoms with Crippen LogP contribution >= 0.6 is 11.8 Å². The van der Waals surface area contributed by atoms with Gasteiger partial charge in [-0.25, -0.2) is 0 Å². The quantitative estimate of drug-likeness (QED) is 0.376. The van der Waals surface area contributed by atoms with Crippen molar-refractivity contribution in [2.45, 2.75) is 0 Å². The van der Waals surface area contributed by atoms with Crippen molar-refractivity contribution in [3.63, 3.8) is 0 Å². The SMILES string of the molecule is C=C=C/C(C(=O)SC)=C(/O)c1ccccc1. The number of aliphatic hydroxyl groups excluding tert-OH is 1. The number of carbonyl (C=O) groups excluding carboxylic acids is 1. The summed E-state index contributed by atoms with van der Waals surface area (Å²) < 4.78 is 0. The van der Waals surface area contributed by atoms with E-state index in [0.29, 0.717) is 5.56 Å². The molecule has 2 nitrogen and oxygen atoms in total. The fourth-order valence-corrected chi connectivity index (χ4v) is 1.56. The Morgan fingerprint density at radius 3 is 2.56 bits per heavy atom. The molecule has 3 heteroatoms. The monoisotopic (exact) mass is 232 g/mol. The number of allylic oxidation sites excluding steroid dienone is 1. The maximum atomic E-state index is 11.6. The summed E-state index contributed by atoms with van der Waals surface area (Å²) in [6, 6.07) is 8.91. The molecule has 0 fully saturated rings. The van der Waals surface area contributed by atoms with Crippen LogP contribution in [0.3, 0.4) is 0 Å². The van der Waals surface area contributed by atoms with E-state index in [1.165, 1.54) is 6.08 Å². The van der Waals surface area contributed by atoms with Crippen LogP contribution < -0.4 is 0 Å². The molecule has 0 saturated heterocycles. The normalized spacial score (nSPS) is 11.3. The van der Waals surface area contributed by atoms with E-state index in [1.807, 2.05) is 6.07 Å². The summed E-state index contributed by atoms with van der Waals surface area (Å²) in [4.78, 5) is 11.6. The second kappa shape index (κ2) is 6.01. The zero-order chi connectivity index (χ0) is 12.0. The van der Waals surface area contributed by atoms with Gasteiger partial charge in [-0.15, -0.1) is 5.73 Å². The molecule has 82 valence electrons. The molecule has 0 aliphatic carbocycles. The van der Waals surface area contributed by atoms with Crippen molar-refractivity contribution in [1.82, 2.24) is 0 Å². The van der Waals surface area contributed by atoms with Crippen LogP contribution in [0.25, 0.3) is 5.76 Å². The maximum Gasteiger partial charge on any atom is 0.223 e. The Balaban J connectivity index is 3.27. The second-order valence-corrected chi connectivity index (χ2v) is 3.75. The summed E-state index contributed by atoms with van der Waals surface area (Å²) in [5.74, 6) is -0.0453. The van der Waals surface area contributed by atoms with Crippen LogP contribution in [0.15, 0.2) is 54.3 Å². The van der Waals surface area contributed by atoms with Gasteiger partial charge in [-0.3, -0.25) is 4.79 Å². The first-order valence-electron chi connectivity index (χ1n) is 4.63. The lowest BCUT2D eigenvalue weighted by molar-refractivity contribution is -0.107. The van der Waals surface area contributed by atoms with Crippen molar-refractivity contribution in [3.05, 3.63) is 59.9 Å². The topological polar surface area (TPSA) is 37.3 Å². The summed E-state index contributed by atoms with van der Waals surface area (Å²) in [5, 5.41) is 9.75. The number of aliphatic hydroxyl groups is 1. The van der Waals surface area contributed by atoms with Crippen LogP contribution in [-0.2, 0) is 4.79 Å². The van der Waals surface area contributed by atoms with Gasteiger partial charge in [0.2, 0.25) is 5.12 Å². The Morgan fingerprint density at radius 1 is 1.44 bits per heavy atom. The molecule has 0 atom stereocenters. The van der Waals surface area contributed by atoms with E-state index in [2.05, 4.69) is 12.3 Å². The molecular formula is C13H12O2S. The Bertz CT molecular complexity index is 454. The van der Waals surface area contributed by atoms with Crippen LogP contribution in [-0.4, -0.2) is 16.5 Å². The molecule has 1 rings (SSSR count). The van der Waals surface area contributed by atoms with E-state index in [-0.39, 0.29) is 16.4 Å². The molecule has 0 unspecified atom stereocenters. The van der Waals surface area contributed by atoms with Crippen molar-refractivity contribution in [1.29, 1.82) is 0 Å². The number of rotatable bonds is 3. The highest BCUT2D eigenvalue weighted by Crippen LogP contribution is 2.20. The van der Waals surface area contributed by atoms with Crippen molar-refractivity contribution in [2.24, 2.45) is 0 Å². The molecule has 0 spiro atoms. The van der Waals surface area contributed by atoms with Crippen molar-refractivity contribution < 1.29 is 9.90 Å². The van der Waals surface area contributed by atoms with E-state index in [4.69, 9.17) is 0 Å². The molecule has 1 aromatic rings. The highest BCUT2D eigenvalue weighted by Gasteiger charge is 2.12. The van der Waals surface area contributed by atoms with Gasteiger partial charge in [0.1, 0.15) is 5.76 Å². The predicted molar refractivity (Wildman–Crippen MR) is 68.2 cm³/mol. The lowest BCUT2D eigenvalue weighted by Gasteiger charge is -2.04. The highest BCUT2D eigenvalue weighted by molar-refractivity contribution is 8.13. The molecule has 1 aromatic carbocycles. The molecule has 0 aromatic heterocycles. The van der Waals surface area contributed by atoms with Gasteiger partial charge < -0.3 is 5.11 Å². The maximum absolute atomic E-state index is 11.6. The zero-order valence-corrected chi connectivity index (χ0v) is 9.75. The standard InChI is InChI=1S/C13H12O2S/c1-3-7-11(13(15)16-2)12(14)10-8-5-4-6-9-10/h4-9,14H,1H2,2H3/b12-11-. The smallest absolute Gasteiger partial charge is 0.223 e. The fraction of sp³-hybridized carbons (Fsp3) is 0.0769. The van der Waals surface area contributed by atoms with Crippen molar-refractivity contribution in [3.8, 4) is 0 Å². The van der Waals surface area contributed by atoms with Gasteiger partial charge >= 0.3 is 0 Å². The number of hydrogen-bond acceptors (Lipinski definition) is 3. The van der Waals surface area contributed by atoms with Crippen molar-refractivity contribution >= 4 is 22.6 Å². The van der Waals surface area contributed by atoms with Gasteiger partial charge in [-0.1, -0.05) is 48.7 Å². The molecule has 0 aliphatic rings. The van der Waals surface area contributed by atoms with Crippen LogP contribution in [0.1, 0.15) is 5.56 Å². The molecule has 0 radical (unpaired) electrons. The Hall–Kier alpha value is -1.70. The summed E-state index contributed by atoms with van der Waals surface area (Å²) >= 11 is 1.04. The Labute approximate surface area is 99.0 Å². The average molecular weight is 232 g/mol. The molecule has 1 N–H and O–H groups in total. The third-order valence-corrected chi connectivity index (χ3v) is 2.54. The van der Waals surface area contributed by atoms with Gasteiger partial charge in [0.05, 0.1) is 5.57 Å². The minimum absolute atomic E-state index is 0.0453. The molecule has 0 amide bonds. The Kier molecular flexibility index (Phi) is 4.65. The van der Waals surface area contributed by atoms with Gasteiger partial charge in [-0.05, 0) is 12.3 Å². The van der Waals surface area contributed by atoms with Gasteiger partial charge in [0, 0.05) is 5.56 Å². The first-order chi connectivity index (χ1) is 7.70. The molecule has 0 heterocycles. The first kappa shape index (κ1) is 12.4. The van der Waals surface area contributed by atoms with E-state index in [9.17, 15) is 9.90 Å². The number of hydrogen-bond donors (Lipinski definition) is 1. The Morgan fingerprint density at radius 2 is 2.06 bits per heavy atom. The van der Waals surface area contributed by atoms with Crippen LogP contribution in [0, 0.1) is 0 Å². The van der Waals surface area contributed by atoms with Crippen LogP contribution in [0.5, 0.6) is 0 Å². The van der Waals surface area contributed by atoms with Crippen molar-refractivity contribution in [2.75, 3.05) is 6.26 Å². The summed E-state index contributed by atoms with van der Waals surface area (Å²) in [6.45, 7) is 3.41. The summed E-state index contributed by atoms with van der Waals surface area (Å²) in [7, 11) is 0. The van der Waals surface area contributed by atoms with E-state index >= 15 is 0 Å². The van der Waals surface area contributed by atoms with Crippen LogP contribution in [0.4, 0.5) is 0 Å². The van der Waals surface area contributed by atoms with Gasteiger partial charge in [-0.2, -0.15) is 0 Å². The minimum Gasteiger partial charge on any atom is -0.507 e. The average Bonchev–Trinajstić information content (AvgIpc) is 2.35. The van der Waals surface area contributed by atoms with Gasteiger partial charge in [0.15, 0.2) is 0 Å². The van der Waals surface area contributed by atoms with E-state index < -0.39 is 0 Å². The molecule has 16 heavy (non-hydrogen) atoms. The number of thioether (sulfide) groups is 1. The van der Waals surface area contributed by atoms with Crippen LogP contribution in [0.2, 0.25) is 0 Å². The summed E-state index contributed by atoms with van der Waals surface area (Å²) in [6.07, 6.45) is 3.05. The highest BCUT2D eigenvalue weighted by atomic mass is 32.2. The molecular weight excluding hydrogens is 220 g/mol. The third kappa shape index (κ3) is 2.89. The second-order valence-electron chi connectivity index (χ2n) is 2.97. The third-order valence-electron chi connectivity index (χ3n) is 1.95. The molecule has 0 saturated carbocycles. The largest absolute Gasteiger partial charge is 0.507 e.